The van der Waals surface area contributed by atoms with Crippen molar-refractivity contribution in [1.29, 1.82) is 0 Å². The molecule has 0 aliphatic rings. The van der Waals surface area contributed by atoms with Crippen LogP contribution in [0, 0.1) is 0 Å². The Morgan fingerprint density at radius 3 is 2.62 bits per heavy atom. The summed E-state index contributed by atoms with van der Waals surface area (Å²) in [4.78, 5) is 24.3. The summed E-state index contributed by atoms with van der Waals surface area (Å²) in [6.07, 6.45) is 1.06. The average Bonchev–Trinajstić information content (AvgIpc) is 2.43. The van der Waals surface area contributed by atoms with E-state index in [1.807, 2.05) is 0 Å². The number of benzene rings is 1. The maximum absolute atomic E-state index is 11.5. The van der Waals surface area contributed by atoms with Crippen LogP contribution in [0.5, 0.6) is 5.75 Å². The summed E-state index contributed by atoms with van der Waals surface area (Å²) in [5, 5.41) is 0. The van der Waals surface area contributed by atoms with Gasteiger partial charge in [-0.2, -0.15) is 0 Å². The van der Waals surface area contributed by atoms with Crippen LogP contribution >= 0.6 is 0 Å². The van der Waals surface area contributed by atoms with Crippen molar-refractivity contribution in [1.82, 2.24) is 4.90 Å². The van der Waals surface area contributed by atoms with E-state index in [1.54, 1.807) is 38.4 Å². The van der Waals surface area contributed by atoms with E-state index in [0.717, 1.165) is 0 Å². The first-order valence-electron chi connectivity index (χ1n) is 6.83. The van der Waals surface area contributed by atoms with E-state index in [4.69, 9.17) is 15.2 Å². The zero-order valence-electron chi connectivity index (χ0n) is 12.5. The van der Waals surface area contributed by atoms with Gasteiger partial charge in [-0.25, -0.2) is 0 Å². The van der Waals surface area contributed by atoms with Crippen molar-refractivity contribution >= 4 is 17.6 Å². The molecule has 0 heterocycles. The topological polar surface area (TPSA) is 81.9 Å². The number of carbonyl (C=O) groups is 2. The van der Waals surface area contributed by atoms with Gasteiger partial charge in [-0.05, 0) is 18.6 Å². The summed E-state index contributed by atoms with van der Waals surface area (Å²) in [6.45, 7) is 0.482. The van der Waals surface area contributed by atoms with Crippen LogP contribution in [0.3, 0.4) is 0 Å². The first kappa shape index (κ1) is 16.8. The fraction of sp³-hybridized carbons (Fsp3) is 0.467. The van der Waals surface area contributed by atoms with Crippen LogP contribution < -0.4 is 10.5 Å². The molecule has 1 rings (SSSR count). The molecule has 0 radical (unpaired) electrons. The van der Waals surface area contributed by atoms with Gasteiger partial charge >= 0.3 is 5.97 Å². The number of ether oxygens (including phenoxy) is 2. The largest absolute Gasteiger partial charge is 0.493 e. The minimum absolute atomic E-state index is 0.0241. The standard InChI is InChI=1S/C15H22N2O4/c1-17(2)14(18)7-4-9-21-15(19)8-10-20-13-6-3-5-12(16)11-13/h3,5-6,11H,4,7-10,16H2,1-2H3. The van der Waals surface area contributed by atoms with Crippen molar-refractivity contribution in [3.05, 3.63) is 24.3 Å². The number of anilines is 1. The van der Waals surface area contributed by atoms with Gasteiger partial charge < -0.3 is 20.1 Å². The van der Waals surface area contributed by atoms with Crippen molar-refractivity contribution in [2.75, 3.05) is 33.0 Å². The number of nitrogens with two attached hydrogens (primary N) is 1. The minimum atomic E-state index is -0.337. The highest BCUT2D eigenvalue weighted by atomic mass is 16.5. The summed E-state index contributed by atoms with van der Waals surface area (Å²) in [6, 6.07) is 7.01. The second-order valence-electron chi connectivity index (χ2n) is 4.78. The smallest absolute Gasteiger partial charge is 0.309 e. The van der Waals surface area contributed by atoms with Crippen LogP contribution in [-0.2, 0) is 14.3 Å². The van der Waals surface area contributed by atoms with Crippen LogP contribution in [-0.4, -0.2) is 44.1 Å². The minimum Gasteiger partial charge on any atom is -0.493 e. The van der Waals surface area contributed by atoms with Crippen LogP contribution in [0.4, 0.5) is 5.69 Å². The number of esters is 1. The molecule has 0 aromatic heterocycles. The molecule has 0 aliphatic heterocycles. The quantitative estimate of drug-likeness (QED) is 0.446. The Balaban J connectivity index is 2.10. The summed E-state index contributed by atoms with van der Waals surface area (Å²) in [7, 11) is 3.39. The lowest BCUT2D eigenvalue weighted by Crippen LogP contribution is -2.21. The van der Waals surface area contributed by atoms with E-state index in [2.05, 4.69) is 0 Å². The molecule has 6 nitrogen and oxygen atoms in total. The molecule has 1 aromatic carbocycles. The van der Waals surface area contributed by atoms with Gasteiger partial charge in [-0.15, -0.1) is 0 Å². The predicted molar refractivity (Wildman–Crippen MR) is 79.9 cm³/mol. The predicted octanol–water partition coefficient (Wildman–Crippen LogP) is 1.45. The Morgan fingerprint density at radius 1 is 1.19 bits per heavy atom. The zero-order chi connectivity index (χ0) is 15.7. The van der Waals surface area contributed by atoms with Gasteiger partial charge in [0.1, 0.15) is 5.75 Å². The number of nitrogens with zero attached hydrogens (tertiary/aromatic N) is 1. The maximum atomic E-state index is 11.5. The molecular formula is C15H22N2O4. The second-order valence-corrected chi connectivity index (χ2v) is 4.78. The lowest BCUT2D eigenvalue weighted by atomic mass is 10.3. The molecule has 2 N–H and O–H groups in total. The van der Waals surface area contributed by atoms with Crippen molar-refractivity contribution in [3.63, 3.8) is 0 Å². The van der Waals surface area contributed by atoms with Crippen molar-refractivity contribution in [2.45, 2.75) is 19.3 Å². The molecule has 0 aliphatic carbocycles. The molecule has 6 heteroatoms. The van der Waals surface area contributed by atoms with Crippen molar-refractivity contribution in [3.8, 4) is 5.75 Å². The molecule has 1 amide bonds. The van der Waals surface area contributed by atoms with Gasteiger partial charge in [0.25, 0.3) is 0 Å². The highest BCUT2D eigenvalue weighted by Gasteiger charge is 2.06. The molecule has 0 saturated carbocycles. The molecule has 0 fully saturated rings. The first-order chi connectivity index (χ1) is 9.99. The molecule has 21 heavy (non-hydrogen) atoms. The van der Waals surface area contributed by atoms with E-state index < -0.39 is 0 Å². The highest BCUT2D eigenvalue weighted by molar-refractivity contribution is 5.75. The Hall–Kier alpha value is -2.24. The Bertz CT molecular complexity index is 474. The average molecular weight is 294 g/mol. The number of hydrogen-bond acceptors (Lipinski definition) is 5. The second kappa shape index (κ2) is 8.84. The fourth-order valence-corrected chi connectivity index (χ4v) is 1.56. The van der Waals surface area contributed by atoms with E-state index in [0.29, 0.717) is 24.3 Å². The zero-order valence-corrected chi connectivity index (χ0v) is 12.5. The van der Waals surface area contributed by atoms with Crippen LogP contribution in [0.25, 0.3) is 0 Å². The number of rotatable bonds is 8. The van der Waals surface area contributed by atoms with Gasteiger partial charge in [-0.3, -0.25) is 9.59 Å². The van der Waals surface area contributed by atoms with Gasteiger partial charge in [0.05, 0.1) is 19.6 Å². The number of carbonyl (C=O) groups excluding carboxylic acids is 2. The summed E-state index contributed by atoms with van der Waals surface area (Å²) in [5.74, 6) is 0.312. The Kier molecular flexibility index (Phi) is 7.08. The van der Waals surface area contributed by atoms with E-state index >= 15 is 0 Å². The third kappa shape index (κ3) is 7.20. The van der Waals surface area contributed by atoms with Crippen LogP contribution in [0.15, 0.2) is 24.3 Å². The number of amides is 1. The SMILES string of the molecule is CN(C)C(=O)CCCOC(=O)CCOc1cccc(N)c1. The molecule has 0 atom stereocenters. The Morgan fingerprint density at radius 2 is 1.95 bits per heavy atom. The number of nitrogen functional groups attached to an aromatic ring is 1. The maximum Gasteiger partial charge on any atom is 0.309 e. The van der Waals surface area contributed by atoms with Gasteiger partial charge in [0.2, 0.25) is 5.91 Å². The lowest BCUT2D eigenvalue weighted by molar-refractivity contribution is -0.145. The lowest BCUT2D eigenvalue weighted by Gasteiger charge is -2.10. The Labute approximate surface area is 124 Å². The third-order valence-corrected chi connectivity index (χ3v) is 2.73. The van der Waals surface area contributed by atoms with E-state index in [9.17, 15) is 9.59 Å². The summed E-state index contributed by atoms with van der Waals surface area (Å²) in [5.41, 5.74) is 6.23. The van der Waals surface area contributed by atoms with Gasteiger partial charge in [0.15, 0.2) is 0 Å². The first-order valence-corrected chi connectivity index (χ1v) is 6.83. The molecule has 116 valence electrons. The normalized spacial score (nSPS) is 10.0. The van der Waals surface area contributed by atoms with E-state index in [1.165, 1.54) is 4.90 Å². The van der Waals surface area contributed by atoms with Crippen LogP contribution in [0.2, 0.25) is 0 Å². The molecule has 0 saturated heterocycles. The van der Waals surface area contributed by atoms with Gasteiger partial charge in [-0.1, -0.05) is 6.07 Å². The molecule has 0 unspecified atom stereocenters. The highest BCUT2D eigenvalue weighted by Crippen LogP contribution is 2.14. The fourth-order valence-electron chi connectivity index (χ4n) is 1.56. The monoisotopic (exact) mass is 294 g/mol. The summed E-state index contributed by atoms with van der Waals surface area (Å²) >= 11 is 0. The van der Waals surface area contributed by atoms with E-state index in [-0.39, 0.29) is 31.5 Å². The van der Waals surface area contributed by atoms with Crippen molar-refractivity contribution < 1.29 is 19.1 Å². The van der Waals surface area contributed by atoms with Crippen molar-refractivity contribution in [2.24, 2.45) is 0 Å². The molecule has 0 spiro atoms. The summed E-state index contributed by atoms with van der Waals surface area (Å²) < 4.78 is 10.4. The number of hydrogen-bond donors (Lipinski definition) is 1. The molecular weight excluding hydrogens is 272 g/mol. The van der Waals surface area contributed by atoms with Gasteiger partial charge in [0, 0.05) is 32.3 Å². The third-order valence-electron chi connectivity index (χ3n) is 2.73. The molecule has 1 aromatic rings. The van der Waals surface area contributed by atoms with Crippen LogP contribution in [0.1, 0.15) is 19.3 Å². The molecule has 0 bridgehead atoms.